The lowest BCUT2D eigenvalue weighted by Crippen LogP contribution is -2.46. The van der Waals surface area contributed by atoms with Gasteiger partial charge in [0.25, 0.3) is 0 Å². The number of ether oxygens (including phenoxy) is 4. The lowest BCUT2D eigenvalue weighted by Gasteiger charge is -2.31. The van der Waals surface area contributed by atoms with Crippen molar-refractivity contribution in [2.45, 2.75) is 61.8 Å². The first-order valence-corrected chi connectivity index (χ1v) is 9.93. The molecule has 2 bridgehead atoms. The van der Waals surface area contributed by atoms with Gasteiger partial charge in [-0.05, 0) is 12.8 Å². The summed E-state index contributed by atoms with van der Waals surface area (Å²) in [6, 6.07) is -0.153. The van der Waals surface area contributed by atoms with Gasteiger partial charge in [-0.3, -0.25) is 9.05 Å². The molecule has 0 radical (unpaired) electrons. The molecule has 3 heterocycles. The van der Waals surface area contributed by atoms with Gasteiger partial charge in [0.2, 0.25) is 0 Å². The zero-order chi connectivity index (χ0) is 17.5. The van der Waals surface area contributed by atoms with Crippen LogP contribution in [0, 0.1) is 0 Å². The molecule has 24 heavy (non-hydrogen) atoms. The summed E-state index contributed by atoms with van der Waals surface area (Å²) in [6.07, 6.45) is 0.109. The average molecular weight is 362 g/mol. The summed E-state index contributed by atoms with van der Waals surface area (Å²) >= 11 is 0. The average Bonchev–Trinajstić information content (AvgIpc) is 3.13. The molecule has 3 fully saturated rings. The Bertz CT molecular complexity index is 510. The van der Waals surface area contributed by atoms with Crippen LogP contribution in [0.1, 0.15) is 19.8 Å². The van der Waals surface area contributed by atoms with E-state index in [9.17, 15) is 9.46 Å². The van der Waals surface area contributed by atoms with Gasteiger partial charge in [-0.2, -0.15) is 0 Å². The van der Waals surface area contributed by atoms with Crippen LogP contribution in [-0.4, -0.2) is 82.9 Å². The van der Waals surface area contributed by atoms with Gasteiger partial charge < -0.3 is 23.8 Å². The molecule has 0 spiro atoms. The molecule has 3 aliphatic rings. The maximum absolute atomic E-state index is 12.4. The summed E-state index contributed by atoms with van der Waals surface area (Å²) in [5.41, 5.74) is -0.871. The summed E-state index contributed by atoms with van der Waals surface area (Å²) in [4.78, 5) is 10.1. The highest BCUT2D eigenvalue weighted by molar-refractivity contribution is 7.47. The summed E-state index contributed by atoms with van der Waals surface area (Å²) in [5.74, 6) is 0. The van der Waals surface area contributed by atoms with Crippen molar-refractivity contribution in [1.29, 1.82) is 0 Å². The fourth-order valence-corrected chi connectivity index (χ4v) is 4.92. The molecule has 0 aromatic heterocycles. The smallest absolute Gasteiger partial charge is 0.381 e. The normalized spacial score (nSPS) is 47.1. The SMILES string of the molecule is BC1CC(OP(=O)(O)OCC23COC(C(B)O2)C3OC)C(CC)O1. The van der Waals surface area contributed by atoms with Crippen molar-refractivity contribution in [2.24, 2.45) is 0 Å². The third-order valence-electron chi connectivity index (χ3n) is 5.00. The van der Waals surface area contributed by atoms with E-state index in [4.69, 9.17) is 28.0 Å². The number of fused-ring (bicyclic) bond motifs is 2. The molecule has 0 aromatic rings. The van der Waals surface area contributed by atoms with E-state index in [1.54, 1.807) is 7.11 Å². The predicted molar refractivity (Wildman–Crippen MR) is 89.4 cm³/mol. The topological polar surface area (TPSA) is 92.7 Å². The molecule has 0 aliphatic carbocycles. The Labute approximate surface area is 143 Å². The van der Waals surface area contributed by atoms with E-state index in [0.717, 1.165) is 0 Å². The number of rotatable bonds is 7. The quantitative estimate of drug-likeness (QED) is 0.446. The Balaban J connectivity index is 1.60. The van der Waals surface area contributed by atoms with Crippen LogP contribution in [0.3, 0.4) is 0 Å². The Kier molecular flexibility index (Phi) is 5.50. The fraction of sp³-hybridized carbons (Fsp3) is 1.00. The summed E-state index contributed by atoms with van der Waals surface area (Å²) in [6.45, 7) is 2.09. The van der Waals surface area contributed by atoms with Crippen LogP contribution in [-0.2, 0) is 32.6 Å². The maximum atomic E-state index is 12.4. The molecular formula is C13H25B2O8P. The van der Waals surface area contributed by atoms with Gasteiger partial charge in [-0.1, -0.05) is 6.92 Å². The number of methoxy groups -OCH3 is 1. The molecule has 1 N–H and O–H groups in total. The summed E-state index contributed by atoms with van der Waals surface area (Å²) < 4.78 is 45.6. The molecule has 0 amide bonds. The second-order valence-corrected chi connectivity index (χ2v) is 8.24. The second kappa shape index (κ2) is 7.00. The van der Waals surface area contributed by atoms with Gasteiger partial charge in [-0.25, -0.2) is 4.57 Å². The zero-order valence-corrected chi connectivity index (χ0v) is 15.4. The standard InChI is InChI=1S/C13H25B2O8P/c1-3-7-8(4-9(14)21-7)23-24(16,17)20-6-13-5-19-10(11(13)18-2)12(15)22-13/h7-12H,3-6,14-15H2,1-2H3,(H,16,17). The largest absolute Gasteiger partial charge is 0.472 e. The zero-order valence-electron chi connectivity index (χ0n) is 14.5. The van der Waals surface area contributed by atoms with Crippen molar-refractivity contribution in [1.82, 2.24) is 0 Å². The van der Waals surface area contributed by atoms with E-state index in [0.29, 0.717) is 12.8 Å². The van der Waals surface area contributed by atoms with E-state index in [2.05, 4.69) is 0 Å². The Morgan fingerprint density at radius 2 is 2.17 bits per heavy atom. The molecule has 8 atom stereocenters. The van der Waals surface area contributed by atoms with Crippen molar-refractivity contribution in [3.63, 3.8) is 0 Å². The number of hydrogen-bond acceptors (Lipinski definition) is 7. The highest BCUT2D eigenvalue weighted by Crippen LogP contribution is 2.50. The molecule has 0 aromatic carbocycles. The Hall–Kier alpha value is 0.0799. The van der Waals surface area contributed by atoms with Crippen molar-refractivity contribution in [3.8, 4) is 0 Å². The van der Waals surface area contributed by atoms with Crippen LogP contribution in [0.2, 0.25) is 0 Å². The van der Waals surface area contributed by atoms with Gasteiger partial charge in [0.15, 0.2) is 0 Å². The first kappa shape index (κ1) is 18.9. The Morgan fingerprint density at radius 1 is 1.42 bits per heavy atom. The lowest BCUT2D eigenvalue weighted by molar-refractivity contribution is -0.138. The van der Waals surface area contributed by atoms with Gasteiger partial charge in [0.05, 0.1) is 31.4 Å². The van der Waals surface area contributed by atoms with Crippen LogP contribution in [0.4, 0.5) is 0 Å². The predicted octanol–water partition coefficient (Wildman–Crippen LogP) is -1.21. The molecule has 11 heteroatoms. The van der Waals surface area contributed by atoms with Gasteiger partial charge in [-0.15, -0.1) is 0 Å². The van der Waals surface area contributed by atoms with Crippen LogP contribution >= 0.6 is 7.82 Å². The first-order valence-electron chi connectivity index (χ1n) is 8.43. The molecule has 8 nitrogen and oxygen atoms in total. The lowest BCUT2D eigenvalue weighted by atomic mass is 9.92. The molecule has 3 rings (SSSR count). The molecule has 0 saturated carbocycles. The minimum Gasteiger partial charge on any atom is -0.381 e. The van der Waals surface area contributed by atoms with Crippen molar-refractivity contribution in [3.05, 3.63) is 0 Å². The summed E-state index contributed by atoms with van der Waals surface area (Å²) in [5, 5.41) is 0. The first-order chi connectivity index (χ1) is 11.3. The number of phosphoric ester groups is 1. The monoisotopic (exact) mass is 362 g/mol. The number of hydrogen-bond donors (Lipinski definition) is 1. The molecular weight excluding hydrogens is 337 g/mol. The number of phosphoric acid groups is 1. The highest BCUT2D eigenvalue weighted by Gasteiger charge is 2.61. The highest BCUT2D eigenvalue weighted by atomic mass is 31.2. The summed E-state index contributed by atoms with van der Waals surface area (Å²) in [7, 11) is 1.14. The minimum atomic E-state index is -4.24. The van der Waals surface area contributed by atoms with E-state index in [1.165, 1.54) is 0 Å². The second-order valence-electron chi connectivity index (χ2n) is 6.83. The van der Waals surface area contributed by atoms with Gasteiger partial charge in [0, 0.05) is 13.1 Å². The van der Waals surface area contributed by atoms with Crippen molar-refractivity contribution in [2.75, 3.05) is 20.3 Å². The van der Waals surface area contributed by atoms with E-state index < -0.39 is 19.5 Å². The van der Waals surface area contributed by atoms with E-state index in [1.807, 2.05) is 22.6 Å². The van der Waals surface area contributed by atoms with Gasteiger partial charge >= 0.3 is 7.82 Å². The Morgan fingerprint density at radius 3 is 2.79 bits per heavy atom. The third-order valence-corrected chi connectivity index (χ3v) is 6.00. The van der Waals surface area contributed by atoms with E-state index >= 15 is 0 Å². The third kappa shape index (κ3) is 3.48. The van der Waals surface area contributed by atoms with Gasteiger partial charge in [0.1, 0.15) is 33.5 Å². The van der Waals surface area contributed by atoms with E-state index in [-0.39, 0.29) is 43.5 Å². The van der Waals surface area contributed by atoms with Crippen LogP contribution in [0.5, 0.6) is 0 Å². The van der Waals surface area contributed by atoms with Crippen LogP contribution in [0.25, 0.3) is 0 Å². The van der Waals surface area contributed by atoms with Crippen molar-refractivity contribution < 1.29 is 37.5 Å². The van der Waals surface area contributed by atoms with Crippen LogP contribution in [0.15, 0.2) is 0 Å². The molecule has 3 saturated heterocycles. The fourth-order valence-electron chi connectivity index (χ4n) is 3.92. The van der Waals surface area contributed by atoms with Crippen LogP contribution < -0.4 is 0 Å². The molecule has 136 valence electrons. The molecule has 8 unspecified atom stereocenters. The minimum absolute atomic E-state index is 0.000536. The molecule has 3 aliphatic heterocycles. The maximum Gasteiger partial charge on any atom is 0.472 e. The van der Waals surface area contributed by atoms with Crippen molar-refractivity contribution >= 4 is 23.5 Å².